The molecule has 2 aromatic carbocycles. The number of carboxylic acid groups (broad SMARTS) is 1. The maximum atomic E-state index is 11.9. The molecule has 5 nitrogen and oxygen atoms in total. The van der Waals surface area contributed by atoms with Crippen molar-refractivity contribution in [2.45, 2.75) is 23.8 Å². The van der Waals surface area contributed by atoms with Crippen LogP contribution in [-0.4, -0.2) is 31.9 Å². The van der Waals surface area contributed by atoms with Crippen LogP contribution in [0.4, 0.5) is 0 Å². The van der Waals surface area contributed by atoms with Crippen LogP contribution in [-0.2, 0) is 32.2 Å². The molecule has 4 rings (SSSR count). The van der Waals surface area contributed by atoms with Crippen molar-refractivity contribution in [1.82, 2.24) is 0 Å². The first-order valence-corrected chi connectivity index (χ1v) is 9.44. The van der Waals surface area contributed by atoms with Gasteiger partial charge in [-0.15, -0.1) is 0 Å². The number of carboxylic acids is 1. The minimum Gasteiger partial charge on any atom is -0.479 e. The summed E-state index contributed by atoms with van der Waals surface area (Å²) in [6.07, 6.45) is 0.311. The van der Waals surface area contributed by atoms with Crippen LogP contribution < -0.4 is 0 Å². The van der Waals surface area contributed by atoms with E-state index in [1.54, 1.807) is 12.1 Å². The van der Waals surface area contributed by atoms with Crippen molar-refractivity contribution in [3.8, 4) is 11.1 Å². The molecular formula is C18H16O5S. The Morgan fingerprint density at radius 1 is 1.04 bits per heavy atom. The minimum atomic E-state index is -3.12. The van der Waals surface area contributed by atoms with E-state index in [9.17, 15) is 18.3 Å². The largest absolute Gasteiger partial charge is 0.479 e. The van der Waals surface area contributed by atoms with E-state index < -0.39 is 21.9 Å². The second-order valence-corrected chi connectivity index (χ2v) is 8.22. The van der Waals surface area contributed by atoms with E-state index >= 15 is 0 Å². The molecule has 0 bridgehead atoms. The molecule has 2 heterocycles. The lowest BCUT2D eigenvalue weighted by Crippen LogP contribution is -2.23. The molecule has 2 aliphatic rings. The third-order valence-electron chi connectivity index (χ3n) is 4.67. The Morgan fingerprint density at radius 3 is 2.50 bits per heavy atom. The standard InChI is InChI=1S/C18H16O5S/c19-18(20)17-15-3-1-11(9-13(15)5-7-23-17)12-2-4-16-14(10-12)6-8-24(16,21)22/h1-4,9-10,17H,5-8H2,(H,19,20). The van der Waals surface area contributed by atoms with E-state index in [1.165, 1.54) is 0 Å². The van der Waals surface area contributed by atoms with Crippen LogP contribution >= 0.6 is 0 Å². The normalized spacial score (nSPS) is 21.1. The highest BCUT2D eigenvalue weighted by molar-refractivity contribution is 7.91. The molecule has 0 saturated heterocycles. The second-order valence-electron chi connectivity index (χ2n) is 6.14. The number of ether oxygens (including phenoxy) is 1. The van der Waals surface area contributed by atoms with Gasteiger partial charge in [-0.3, -0.25) is 0 Å². The fraction of sp³-hybridized carbons (Fsp3) is 0.278. The Bertz CT molecular complexity index is 946. The average molecular weight is 344 g/mol. The summed E-state index contributed by atoms with van der Waals surface area (Å²) in [6, 6.07) is 11.1. The van der Waals surface area contributed by atoms with Crippen LogP contribution in [0.3, 0.4) is 0 Å². The van der Waals surface area contributed by atoms with Crippen molar-refractivity contribution in [3.05, 3.63) is 53.1 Å². The Morgan fingerprint density at radius 2 is 1.75 bits per heavy atom. The highest BCUT2D eigenvalue weighted by Crippen LogP contribution is 2.34. The van der Waals surface area contributed by atoms with Crippen LogP contribution in [0.1, 0.15) is 22.8 Å². The summed E-state index contributed by atoms with van der Waals surface area (Å²) < 4.78 is 29.2. The molecule has 124 valence electrons. The van der Waals surface area contributed by atoms with Crippen molar-refractivity contribution in [3.63, 3.8) is 0 Å². The van der Waals surface area contributed by atoms with E-state index in [2.05, 4.69) is 0 Å². The molecule has 0 saturated carbocycles. The summed E-state index contributed by atoms with van der Waals surface area (Å²) in [7, 11) is -3.12. The van der Waals surface area contributed by atoms with E-state index in [0.717, 1.165) is 22.3 Å². The zero-order valence-electron chi connectivity index (χ0n) is 12.9. The van der Waals surface area contributed by atoms with Crippen molar-refractivity contribution in [2.24, 2.45) is 0 Å². The molecule has 0 aromatic heterocycles. The maximum Gasteiger partial charge on any atom is 0.337 e. The van der Waals surface area contributed by atoms with Gasteiger partial charge in [-0.05, 0) is 52.8 Å². The smallest absolute Gasteiger partial charge is 0.337 e. The van der Waals surface area contributed by atoms with Crippen molar-refractivity contribution in [1.29, 1.82) is 0 Å². The molecule has 0 aliphatic carbocycles. The molecule has 0 amide bonds. The van der Waals surface area contributed by atoms with Crippen LogP contribution in [0.15, 0.2) is 41.3 Å². The van der Waals surface area contributed by atoms with E-state index in [0.29, 0.717) is 29.9 Å². The fourth-order valence-electron chi connectivity index (χ4n) is 3.45. The first-order valence-electron chi connectivity index (χ1n) is 7.79. The number of aryl methyl sites for hydroxylation is 1. The Balaban J connectivity index is 1.75. The number of rotatable bonds is 2. The zero-order valence-corrected chi connectivity index (χ0v) is 13.7. The number of hydrogen-bond donors (Lipinski definition) is 1. The van der Waals surface area contributed by atoms with Gasteiger partial charge >= 0.3 is 5.97 Å². The molecule has 24 heavy (non-hydrogen) atoms. The van der Waals surface area contributed by atoms with Crippen LogP contribution in [0, 0.1) is 0 Å². The summed E-state index contributed by atoms with van der Waals surface area (Å²) >= 11 is 0. The predicted octanol–water partition coefficient (Wildman–Crippen LogP) is 2.38. The highest BCUT2D eigenvalue weighted by Gasteiger charge is 2.28. The molecule has 2 aliphatic heterocycles. The lowest BCUT2D eigenvalue weighted by atomic mass is 9.92. The fourth-order valence-corrected chi connectivity index (χ4v) is 4.99. The first kappa shape index (κ1) is 15.4. The van der Waals surface area contributed by atoms with Gasteiger partial charge in [0.2, 0.25) is 0 Å². The number of fused-ring (bicyclic) bond motifs is 2. The molecule has 1 N–H and O–H groups in total. The summed E-state index contributed by atoms with van der Waals surface area (Å²) in [5.41, 5.74) is 4.44. The van der Waals surface area contributed by atoms with Gasteiger partial charge < -0.3 is 9.84 Å². The lowest BCUT2D eigenvalue weighted by Gasteiger charge is -2.23. The number of aliphatic carboxylic acids is 1. The second kappa shape index (κ2) is 5.43. The van der Waals surface area contributed by atoms with Gasteiger partial charge in [0.25, 0.3) is 0 Å². The SMILES string of the molecule is O=C(O)C1OCCc2cc(-c3ccc4c(c3)CCS4(=O)=O)ccc21. The third-order valence-corrected chi connectivity index (χ3v) is 6.48. The first-order chi connectivity index (χ1) is 11.5. The number of benzene rings is 2. The van der Waals surface area contributed by atoms with Crippen molar-refractivity contribution >= 4 is 15.8 Å². The molecule has 1 unspecified atom stereocenters. The number of carbonyl (C=O) groups is 1. The van der Waals surface area contributed by atoms with Gasteiger partial charge in [0.05, 0.1) is 17.3 Å². The topological polar surface area (TPSA) is 80.7 Å². The Kier molecular flexibility index (Phi) is 3.47. The summed E-state index contributed by atoms with van der Waals surface area (Å²) in [5, 5.41) is 9.24. The van der Waals surface area contributed by atoms with Crippen LogP contribution in [0.25, 0.3) is 11.1 Å². The van der Waals surface area contributed by atoms with Crippen LogP contribution in [0.5, 0.6) is 0 Å². The van der Waals surface area contributed by atoms with Gasteiger partial charge in [0.1, 0.15) is 0 Å². The maximum absolute atomic E-state index is 11.9. The average Bonchev–Trinajstić information content (AvgIpc) is 2.88. The van der Waals surface area contributed by atoms with Crippen LogP contribution in [0.2, 0.25) is 0 Å². The molecule has 2 aromatic rings. The summed E-state index contributed by atoms with van der Waals surface area (Å²) in [4.78, 5) is 11.7. The van der Waals surface area contributed by atoms with Gasteiger partial charge in [0.15, 0.2) is 15.9 Å². The molecule has 0 radical (unpaired) electrons. The molecule has 0 fully saturated rings. The van der Waals surface area contributed by atoms with E-state index in [-0.39, 0.29) is 5.75 Å². The van der Waals surface area contributed by atoms with Gasteiger partial charge in [-0.1, -0.05) is 24.3 Å². The Labute approximate surface area is 139 Å². The molecule has 1 atom stereocenters. The monoisotopic (exact) mass is 344 g/mol. The summed E-state index contributed by atoms with van der Waals surface area (Å²) in [6.45, 7) is 0.385. The third kappa shape index (κ3) is 2.42. The van der Waals surface area contributed by atoms with Gasteiger partial charge in [-0.25, -0.2) is 13.2 Å². The number of hydrogen-bond acceptors (Lipinski definition) is 4. The van der Waals surface area contributed by atoms with E-state index in [1.807, 2.05) is 24.3 Å². The number of sulfone groups is 1. The summed E-state index contributed by atoms with van der Waals surface area (Å²) in [5.74, 6) is -0.806. The van der Waals surface area contributed by atoms with Crippen molar-refractivity contribution < 1.29 is 23.1 Å². The Hall–Kier alpha value is -2.18. The molecule has 6 heteroatoms. The van der Waals surface area contributed by atoms with Gasteiger partial charge in [-0.2, -0.15) is 0 Å². The molecule has 0 spiro atoms. The molecular weight excluding hydrogens is 328 g/mol. The predicted molar refractivity (Wildman–Crippen MR) is 87.7 cm³/mol. The van der Waals surface area contributed by atoms with E-state index in [4.69, 9.17) is 4.74 Å². The highest BCUT2D eigenvalue weighted by atomic mass is 32.2. The quantitative estimate of drug-likeness (QED) is 0.905. The lowest BCUT2D eigenvalue weighted by molar-refractivity contribution is -0.151. The minimum absolute atomic E-state index is 0.174. The zero-order chi connectivity index (χ0) is 16.9. The van der Waals surface area contributed by atoms with Gasteiger partial charge in [0, 0.05) is 0 Å². The van der Waals surface area contributed by atoms with Crippen molar-refractivity contribution in [2.75, 3.05) is 12.4 Å².